The maximum Gasteiger partial charge on any atom is 0.345 e. The molecule has 1 aliphatic heterocycles. The number of thiazole rings is 1. The van der Waals surface area contributed by atoms with Crippen LogP contribution in [-0.4, -0.2) is 29.7 Å². The number of hydrogen-bond acceptors (Lipinski definition) is 9. The summed E-state index contributed by atoms with van der Waals surface area (Å²) in [5.74, 6) is -1.20. The van der Waals surface area contributed by atoms with E-state index in [0.29, 0.717) is 31.8 Å². The molecule has 0 saturated heterocycles. The summed E-state index contributed by atoms with van der Waals surface area (Å²) in [6, 6.07) is 12.8. The molecular weight excluding hydrogens is 637 g/mol. The third-order valence-electron chi connectivity index (χ3n) is 6.42. The lowest BCUT2D eigenvalue weighted by Gasteiger charge is -2.24. The second-order valence-corrected chi connectivity index (χ2v) is 11.5. The Balaban J connectivity index is 1.67. The van der Waals surface area contributed by atoms with Crippen LogP contribution in [-0.2, 0) is 14.3 Å². The number of carbonyl (C=O) groups excluding carboxylic acids is 2. The van der Waals surface area contributed by atoms with Crippen LogP contribution in [0.25, 0.3) is 6.08 Å². The highest BCUT2D eigenvalue weighted by molar-refractivity contribution is 7.07. The van der Waals surface area contributed by atoms with Gasteiger partial charge in [-0.2, -0.15) is 0 Å². The van der Waals surface area contributed by atoms with E-state index in [2.05, 4.69) is 10.3 Å². The molecule has 4 aromatic rings. The van der Waals surface area contributed by atoms with Gasteiger partial charge in [0.05, 0.1) is 35.1 Å². The minimum absolute atomic E-state index is 0.0306. The van der Waals surface area contributed by atoms with E-state index in [0.717, 1.165) is 11.3 Å². The number of rotatable bonds is 8. The topological polar surface area (TPSA) is 112 Å². The Hall–Kier alpha value is -3.83. The number of allylic oxidation sites excluding steroid dienone is 1. The first-order valence-electron chi connectivity index (χ1n) is 13.1. The molecule has 0 bridgehead atoms. The molecule has 1 N–H and O–H groups in total. The fourth-order valence-corrected chi connectivity index (χ4v) is 6.06. The third kappa shape index (κ3) is 6.14. The van der Waals surface area contributed by atoms with Gasteiger partial charge < -0.3 is 19.2 Å². The van der Waals surface area contributed by atoms with Crippen molar-refractivity contribution in [1.29, 1.82) is 0 Å². The highest BCUT2D eigenvalue weighted by atomic mass is 35.5. The quantitative estimate of drug-likeness (QED) is 0.222. The zero-order valence-electron chi connectivity index (χ0n) is 23.1. The van der Waals surface area contributed by atoms with Crippen LogP contribution < -0.4 is 20.2 Å². The molecular formula is C30H24Cl3N3O6S. The average molecular weight is 661 g/mol. The van der Waals surface area contributed by atoms with Crippen LogP contribution in [0, 0.1) is 0 Å². The number of esters is 2. The molecule has 0 spiro atoms. The fourth-order valence-electron chi connectivity index (χ4n) is 4.53. The molecule has 222 valence electrons. The minimum Gasteiger partial charge on any atom is -0.463 e. The van der Waals surface area contributed by atoms with Gasteiger partial charge in [0.15, 0.2) is 10.6 Å². The number of halogens is 3. The molecule has 1 atom stereocenters. The van der Waals surface area contributed by atoms with Gasteiger partial charge in [0.1, 0.15) is 10.6 Å². The minimum atomic E-state index is -0.820. The molecule has 0 fully saturated rings. The van der Waals surface area contributed by atoms with Gasteiger partial charge in [0.25, 0.3) is 5.56 Å². The fraction of sp³-hybridized carbons (Fsp3) is 0.200. The van der Waals surface area contributed by atoms with E-state index in [1.807, 2.05) is 0 Å². The zero-order chi connectivity index (χ0) is 30.8. The van der Waals surface area contributed by atoms with Gasteiger partial charge in [-0.25, -0.2) is 14.6 Å². The van der Waals surface area contributed by atoms with Gasteiger partial charge in [0.2, 0.25) is 5.88 Å². The van der Waals surface area contributed by atoms with Gasteiger partial charge in [-0.05, 0) is 62.7 Å². The molecule has 0 amide bonds. The number of nitrogens with one attached hydrogen (secondary N) is 1. The summed E-state index contributed by atoms with van der Waals surface area (Å²) in [7, 11) is 0. The van der Waals surface area contributed by atoms with Crippen molar-refractivity contribution >= 4 is 75.7 Å². The monoisotopic (exact) mass is 659 g/mol. The molecule has 13 heteroatoms. The molecule has 0 aliphatic carbocycles. The number of ether oxygens (including phenoxy) is 2. The average Bonchev–Trinajstić information content (AvgIpc) is 3.44. The van der Waals surface area contributed by atoms with Crippen molar-refractivity contribution in [1.82, 2.24) is 4.57 Å². The van der Waals surface area contributed by atoms with Crippen molar-refractivity contribution in [2.45, 2.75) is 26.8 Å². The second kappa shape index (κ2) is 12.8. The predicted octanol–water partition coefficient (Wildman–Crippen LogP) is 6.27. The number of hydrogen-bond donors (Lipinski definition) is 1. The van der Waals surface area contributed by atoms with Crippen LogP contribution in [0.3, 0.4) is 0 Å². The van der Waals surface area contributed by atoms with Crippen LogP contribution in [0.5, 0.6) is 0 Å². The maximum absolute atomic E-state index is 13.9. The van der Waals surface area contributed by atoms with E-state index >= 15 is 0 Å². The van der Waals surface area contributed by atoms with Crippen LogP contribution in [0.15, 0.2) is 74.0 Å². The van der Waals surface area contributed by atoms with Crippen molar-refractivity contribution in [2.75, 3.05) is 18.5 Å². The van der Waals surface area contributed by atoms with Crippen molar-refractivity contribution in [2.24, 2.45) is 4.99 Å². The largest absolute Gasteiger partial charge is 0.463 e. The Morgan fingerprint density at radius 3 is 2.23 bits per heavy atom. The standard InChI is InChI=1S/C30H24Cl3N3O6S/c1-4-40-28(38)22-15(3)34-30-36(25(22)16-6-8-17(31)9-7-16)27(37)21(43-30)14-20-24(33)23(29(39)41-5-2)26(42-20)35-19-12-10-18(32)11-13-19/h6-14,25,35H,4-5H2,1-3H3/b21-14-/t25-/m0/s1. The van der Waals surface area contributed by atoms with Crippen LogP contribution in [0.4, 0.5) is 11.6 Å². The predicted molar refractivity (Wildman–Crippen MR) is 166 cm³/mol. The summed E-state index contributed by atoms with van der Waals surface area (Å²) in [6.45, 7) is 5.33. The Labute approximate surface area is 264 Å². The normalized spacial score (nSPS) is 14.7. The Morgan fingerprint density at radius 2 is 1.60 bits per heavy atom. The summed E-state index contributed by atoms with van der Waals surface area (Å²) < 4.78 is 18.1. The van der Waals surface area contributed by atoms with Gasteiger partial charge in [-0.3, -0.25) is 9.36 Å². The molecule has 2 aromatic carbocycles. The van der Waals surface area contributed by atoms with E-state index in [-0.39, 0.29) is 45.5 Å². The summed E-state index contributed by atoms with van der Waals surface area (Å²) in [5, 5.41) is 4.01. The SMILES string of the molecule is CCOC(=O)C1=C(C)N=c2s/c(=C\c3oc(Nc4ccc(Cl)cc4)c(C(=O)OCC)c3Cl)c(=O)n2[C@H]1c1ccc(Cl)cc1. The zero-order valence-corrected chi connectivity index (χ0v) is 26.2. The van der Waals surface area contributed by atoms with Crippen molar-refractivity contribution in [3.63, 3.8) is 0 Å². The number of aromatic nitrogens is 1. The molecule has 43 heavy (non-hydrogen) atoms. The summed E-state index contributed by atoms with van der Waals surface area (Å²) in [4.78, 5) is 44.8. The van der Waals surface area contributed by atoms with Crippen LogP contribution >= 0.6 is 46.1 Å². The number of carbonyl (C=O) groups is 2. The third-order valence-corrected chi connectivity index (χ3v) is 8.28. The van der Waals surface area contributed by atoms with E-state index in [9.17, 15) is 14.4 Å². The highest BCUT2D eigenvalue weighted by Crippen LogP contribution is 2.35. The van der Waals surface area contributed by atoms with Gasteiger partial charge in [-0.15, -0.1) is 0 Å². The van der Waals surface area contributed by atoms with Gasteiger partial charge in [0, 0.05) is 21.8 Å². The molecule has 0 saturated carbocycles. The van der Waals surface area contributed by atoms with Gasteiger partial charge in [-0.1, -0.05) is 58.3 Å². The number of nitrogens with zero attached hydrogens (tertiary/aromatic N) is 2. The summed E-state index contributed by atoms with van der Waals surface area (Å²) >= 11 is 19.9. The van der Waals surface area contributed by atoms with Crippen LogP contribution in [0.1, 0.15) is 48.5 Å². The smallest absolute Gasteiger partial charge is 0.345 e. The first-order valence-corrected chi connectivity index (χ1v) is 15.0. The second-order valence-electron chi connectivity index (χ2n) is 9.19. The number of furan rings is 1. The number of fused-ring (bicyclic) bond motifs is 1. The van der Waals surface area contributed by atoms with Crippen LogP contribution in [0.2, 0.25) is 15.1 Å². The molecule has 0 radical (unpaired) electrons. The summed E-state index contributed by atoms with van der Waals surface area (Å²) in [5.41, 5.74) is 1.40. The molecule has 1 aliphatic rings. The Kier molecular flexibility index (Phi) is 9.12. The first kappa shape index (κ1) is 30.6. The van der Waals surface area contributed by atoms with E-state index in [1.165, 1.54) is 10.6 Å². The van der Waals surface area contributed by atoms with E-state index in [1.54, 1.807) is 69.3 Å². The lowest BCUT2D eigenvalue weighted by Crippen LogP contribution is -2.39. The maximum atomic E-state index is 13.9. The highest BCUT2D eigenvalue weighted by Gasteiger charge is 2.33. The molecule has 0 unspecified atom stereocenters. The van der Waals surface area contributed by atoms with Crippen molar-refractivity contribution < 1.29 is 23.5 Å². The Bertz CT molecular complexity index is 1930. The molecule has 5 rings (SSSR count). The Morgan fingerprint density at radius 1 is 1.00 bits per heavy atom. The van der Waals surface area contributed by atoms with Crippen molar-refractivity contribution in [3.05, 3.63) is 111 Å². The number of benzene rings is 2. The molecule has 3 heterocycles. The van der Waals surface area contributed by atoms with Crippen molar-refractivity contribution in [3.8, 4) is 0 Å². The summed E-state index contributed by atoms with van der Waals surface area (Å²) in [6.07, 6.45) is 1.43. The molecule has 2 aromatic heterocycles. The lowest BCUT2D eigenvalue weighted by atomic mass is 9.96. The first-order chi connectivity index (χ1) is 20.6. The van der Waals surface area contributed by atoms with E-state index < -0.39 is 23.5 Å². The number of anilines is 2. The molecule has 9 nitrogen and oxygen atoms in total. The lowest BCUT2D eigenvalue weighted by molar-refractivity contribution is -0.139. The van der Waals surface area contributed by atoms with E-state index in [4.69, 9.17) is 48.7 Å². The van der Waals surface area contributed by atoms with Gasteiger partial charge >= 0.3 is 11.9 Å².